The molecule has 0 aromatic heterocycles. The van der Waals surface area contributed by atoms with E-state index in [9.17, 15) is 4.79 Å². The van der Waals surface area contributed by atoms with E-state index in [1.165, 1.54) is 0 Å². The normalized spacial score (nSPS) is 12.3. The van der Waals surface area contributed by atoms with Crippen LogP contribution < -0.4 is 15.8 Å². The number of nitrogens with one attached hydrogen (secondary N) is 1. The highest BCUT2D eigenvalue weighted by atomic mass is 16.5. The Balaban J connectivity index is 2.58. The molecular formula is C14H22N2O2. The Kier molecular flexibility index (Phi) is 5.01. The lowest BCUT2D eigenvalue weighted by molar-refractivity contribution is -0.127. The number of nitrogens with two attached hydrogens (primary N) is 1. The lowest BCUT2D eigenvalue weighted by Crippen LogP contribution is -2.38. The second-order valence-corrected chi connectivity index (χ2v) is 4.94. The summed E-state index contributed by atoms with van der Waals surface area (Å²) in [5.74, 6) is 0.849. The second kappa shape index (κ2) is 6.28. The van der Waals surface area contributed by atoms with Crippen LogP contribution in [-0.2, 0) is 4.79 Å². The minimum Gasteiger partial charge on any atom is -0.479 e. The highest BCUT2D eigenvalue weighted by Gasteiger charge is 2.15. The Bertz CT molecular complexity index is 416. The molecule has 0 aliphatic rings. The molecule has 0 aliphatic heterocycles. The zero-order chi connectivity index (χ0) is 13.7. The largest absolute Gasteiger partial charge is 0.479 e. The first-order valence-electron chi connectivity index (χ1n) is 6.20. The maximum Gasteiger partial charge on any atom is 0.260 e. The van der Waals surface area contributed by atoms with Crippen molar-refractivity contribution in [1.82, 2.24) is 5.32 Å². The number of hydrogen-bond acceptors (Lipinski definition) is 3. The third kappa shape index (κ3) is 4.28. The monoisotopic (exact) mass is 250 g/mol. The lowest BCUT2D eigenvalue weighted by Gasteiger charge is -2.17. The summed E-state index contributed by atoms with van der Waals surface area (Å²) in [7, 11) is 0. The van der Waals surface area contributed by atoms with Gasteiger partial charge in [-0.25, -0.2) is 0 Å². The molecule has 0 saturated carbocycles. The predicted octanol–water partition coefficient (Wildman–Crippen LogP) is 2.12. The summed E-state index contributed by atoms with van der Waals surface area (Å²) in [5.41, 5.74) is 7.46. The van der Waals surface area contributed by atoms with Gasteiger partial charge in [-0.15, -0.1) is 0 Å². The molecule has 0 bridgehead atoms. The van der Waals surface area contributed by atoms with Crippen LogP contribution in [0.1, 0.15) is 26.3 Å². The van der Waals surface area contributed by atoms with Crippen LogP contribution in [0.4, 0.5) is 5.69 Å². The Morgan fingerprint density at radius 2 is 2.06 bits per heavy atom. The molecule has 0 fully saturated rings. The average Bonchev–Trinajstić information content (AvgIpc) is 2.29. The van der Waals surface area contributed by atoms with E-state index in [1.807, 2.05) is 32.9 Å². The summed E-state index contributed by atoms with van der Waals surface area (Å²) in [6, 6.07) is 5.52. The van der Waals surface area contributed by atoms with Gasteiger partial charge in [0.25, 0.3) is 5.91 Å². The number of hydrogen-bond donors (Lipinski definition) is 2. The number of benzene rings is 1. The smallest absolute Gasteiger partial charge is 0.260 e. The summed E-state index contributed by atoms with van der Waals surface area (Å²) in [4.78, 5) is 11.8. The SMILES string of the molecule is Cc1ccc(OC(C)C(=O)NCC(C)C)c(N)c1. The van der Waals surface area contributed by atoms with Gasteiger partial charge in [0, 0.05) is 6.54 Å². The first kappa shape index (κ1) is 14.4. The van der Waals surface area contributed by atoms with E-state index in [0.29, 0.717) is 23.9 Å². The number of carbonyl (C=O) groups is 1. The summed E-state index contributed by atoms with van der Waals surface area (Å²) in [6.07, 6.45) is -0.547. The van der Waals surface area contributed by atoms with Crippen molar-refractivity contribution < 1.29 is 9.53 Å². The van der Waals surface area contributed by atoms with Crippen molar-refractivity contribution in [3.8, 4) is 5.75 Å². The van der Waals surface area contributed by atoms with Crippen LogP contribution in [0.2, 0.25) is 0 Å². The van der Waals surface area contributed by atoms with Gasteiger partial charge in [-0.05, 0) is 37.5 Å². The summed E-state index contributed by atoms with van der Waals surface area (Å²) < 4.78 is 5.56. The summed E-state index contributed by atoms with van der Waals surface area (Å²) >= 11 is 0. The number of anilines is 1. The van der Waals surface area contributed by atoms with Crippen molar-refractivity contribution in [2.24, 2.45) is 5.92 Å². The zero-order valence-corrected chi connectivity index (χ0v) is 11.5. The molecular weight excluding hydrogens is 228 g/mol. The molecule has 4 heteroatoms. The third-order valence-corrected chi connectivity index (χ3v) is 2.52. The number of rotatable bonds is 5. The lowest BCUT2D eigenvalue weighted by atomic mass is 10.2. The van der Waals surface area contributed by atoms with E-state index in [1.54, 1.807) is 13.0 Å². The van der Waals surface area contributed by atoms with Gasteiger partial charge in [-0.3, -0.25) is 4.79 Å². The number of carbonyl (C=O) groups excluding carboxylic acids is 1. The molecule has 1 amide bonds. The quantitative estimate of drug-likeness (QED) is 0.787. The molecule has 1 aromatic carbocycles. The molecule has 1 aromatic rings. The van der Waals surface area contributed by atoms with Gasteiger partial charge in [-0.1, -0.05) is 19.9 Å². The number of aryl methyl sites for hydroxylation is 1. The van der Waals surface area contributed by atoms with Gasteiger partial charge in [0.2, 0.25) is 0 Å². The summed E-state index contributed by atoms with van der Waals surface area (Å²) in [6.45, 7) is 8.41. The van der Waals surface area contributed by atoms with Crippen LogP contribution in [0.15, 0.2) is 18.2 Å². The third-order valence-electron chi connectivity index (χ3n) is 2.52. The van der Waals surface area contributed by atoms with Gasteiger partial charge in [0.1, 0.15) is 5.75 Å². The molecule has 0 spiro atoms. The van der Waals surface area contributed by atoms with Crippen molar-refractivity contribution >= 4 is 11.6 Å². The first-order chi connectivity index (χ1) is 8.40. The van der Waals surface area contributed by atoms with Gasteiger partial charge < -0.3 is 15.8 Å². The Morgan fingerprint density at radius 3 is 2.61 bits per heavy atom. The minimum atomic E-state index is -0.547. The molecule has 0 aliphatic carbocycles. The van der Waals surface area contributed by atoms with E-state index >= 15 is 0 Å². The van der Waals surface area contributed by atoms with Gasteiger partial charge in [-0.2, -0.15) is 0 Å². The fourth-order valence-electron chi connectivity index (χ4n) is 1.47. The van der Waals surface area contributed by atoms with Crippen LogP contribution in [-0.4, -0.2) is 18.6 Å². The number of amides is 1. The topological polar surface area (TPSA) is 64.3 Å². The van der Waals surface area contributed by atoms with Crippen LogP contribution in [0.3, 0.4) is 0 Å². The van der Waals surface area contributed by atoms with E-state index in [-0.39, 0.29) is 5.91 Å². The van der Waals surface area contributed by atoms with Crippen molar-refractivity contribution in [1.29, 1.82) is 0 Å². The Hall–Kier alpha value is -1.71. The molecule has 1 unspecified atom stereocenters. The Labute approximate surface area is 109 Å². The van der Waals surface area contributed by atoms with Crippen LogP contribution >= 0.6 is 0 Å². The maximum absolute atomic E-state index is 11.8. The van der Waals surface area contributed by atoms with Gasteiger partial charge >= 0.3 is 0 Å². The van der Waals surface area contributed by atoms with Gasteiger partial charge in [0.15, 0.2) is 6.10 Å². The predicted molar refractivity (Wildman–Crippen MR) is 73.5 cm³/mol. The molecule has 1 rings (SSSR count). The van der Waals surface area contributed by atoms with E-state index in [2.05, 4.69) is 5.32 Å². The average molecular weight is 250 g/mol. The molecule has 0 radical (unpaired) electrons. The zero-order valence-electron chi connectivity index (χ0n) is 11.5. The van der Waals surface area contributed by atoms with Crippen LogP contribution in [0, 0.1) is 12.8 Å². The van der Waals surface area contributed by atoms with Crippen molar-refractivity contribution in [2.45, 2.75) is 33.8 Å². The Morgan fingerprint density at radius 1 is 1.39 bits per heavy atom. The molecule has 3 N–H and O–H groups in total. The molecule has 1 atom stereocenters. The number of ether oxygens (including phenoxy) is 1. The fourth-order valence-corrected chi connectivity index (χ4v) is 1.47. The van der Waals surface area contributed by atoms with Crippen molar-refractivity contribution in [3.05, 3.63) is 23.8 Å². The van der Waals surface area contributed by atoms with Crippen molar-refractivity contribution in [2.75, 3.05) is 12.3 Å². The molecule has 100 valence electrons. The second-order valence-electron chi connectivity index (χ2n) is 4.94. The molecule has 4 nitrogen and oxygen atoms in total. The highest BCUT2D eigenvalue weighted by Crippen LogP contribution is 2.23. The van der Waals surface area contributed by atoms with E-state index < -0.39 is 6.10 Å². The highest BCUT2D eigenvalue weighted by molar-refractivity contribution is 5.80. The molecule has 0 saturated heterocycles. The number of nitrogen functional groups attached to an aromatic ring is 1. The standard InChI is InChI=1S/C14H22N2O2/c1-9(2)8-16-14(17)11(4)18-13-6-5-10(3)7-12(13)15/h5-7,9,11H,8,15H2,1-4H3,(H,16,17). The minimum absolute atomic E-state index is 0.122. The molecule has 0 heterocycles. The fraction of sp³-hybridized carbons (Fsp3) is 0.500. The maximum atomic E-state index is 11.8. The van der Waals surface area contributed by atoms with E-state index in [4.69, 9.17) is 10.5 Å². The van der Waals surface area contributed by atoms with E-state index in [0.717, 1.165) is 5.56 Å². The summed E-state index contributed by atoms with van der Waals surface area (Å²) in [5, 5.41) is 2.83. The first-order valence-corrected chi connectivity index (χ1v) is 6.20. The molecule has 18 heavy (non-hydrogen) atoms. The van der Waals surface area contributed by atoms with Crippen LogP contribution in [0.25, 0.3) is 0 Å². The van der Waals surface area contributed by atoms with Crippen molar-refractivity contribution in [3.63, 3.8) is 0 Å². The van der Waals surface area contributed by atoms with Gasteiger partial charge in [0.05, 0.1) is 5.69 Å². The van der Waals surface area contributed by atoms with Crippen LogP contribution in [0.5, 0.6) is 5.75 Å².